The molecule has 7 heteroatoms. The molecule has 2 aromatic carbocycles. The Morgan fingerprint density at radius 3 is 2.38 bits per heavy atom. The number of halogens is 1. The molecular formula is C27H25IN3O3-. The molecular weight excluding hydrogens is 541 g/mol. The molecule has 1 heterocycles. The molecule has 3 N–H and O–H groups in total. The third-order valence-electron chi connectivity index (χ3n) is 5.33. The summed E-state index contributed by atoms with van der Waals surface area (Å²) in [6.45, 7) is 0.0835. The van der Waals surface area contributed by atoms with Crippen LogP contribution >= 0.6 is 0 Å². The van der Waals surface area contributed by atoms with E-state index in [1.165, 1.54) is 20.3 Å². The number of rotatable bonds is 9. The van der Waals surface area contributed by atoms with Crippen molar-refractivity contribution in [3.63, 3.8) is 0 Å². The number of hydrogen-bond acceptors (Lipinski definition) is 4. The average molecular weight is 566 g/mol. The number of benzene rings is 2. The monoisotopic (exact) mass is 566 g/mol. The summed E-state index contributed by atoms with van der Waals surface area (Å²) < 4.78 is 4.93. The van der Waals surface area contributed by atoms with Gasteiger partial charge in [-0.15, -0.1) is 0 Å². The molecule has 0 bridgehead atoms. The Balaban J connectivity index is 1.42. The van der Waals surface area contributed by atoms with Gasteiger partial charge in [-0.05, 0) is 0 Å². The van der Waals surface area contributed by atoms with Gasteiger partial charge < -0.3 is 0 Å². The molecule has 0 saturated heterocycles. The molecule has 0 radical (unpaired) electrons. The quantitative estimate of drug-likeness (QED) is 0.273. The van der Waals surface area contributed by atoms with Gasteiger partial charge in [0.2, 0.25) is 0 Å². The Labute approximate surface area is 209 Å². The minimum atomic E-state index is -0.947. The maximum atomic E-state index is 12.2. The van der Waals surface area contributed by atoms with Crippen LogP contribution in [0.2, 0.25) is 0 Å². The first-order chi connectivity index (χ1) is 16.6. The summed E-state index contributed by atoms with van der Waals surface area (Å²) in [5.74, 6) is -1.31. The Hall–Kier alpha value is -3.46. The summed E-state index contributed by atoms with van der Waals surface area (Å²) in [5, 5.41) is 11.3. The molecule has 0 fully saturated rings. The number of nitrogens with one attached hydrogen (secondary N) is 2. The Morgan fingerprint density at radius 2 is 1.68 bits per heavy atom. The summed E-state index contributed by atoms with van der Waals surface area (Å²) in [4.78, 5) is 27.1. The average Bonchev–Trinajstić information content (AvgIpc) is 2.88. The molecule has 1 aliphatic carbocycles. The van der Waals surface area contributed by atoms with Crippen LogP contribution in [0.5, 0.6) is 0 Å². The predicted molar refractivity (Wildman–Crippen MR) is 130 cm³/mol. The van der Waals surface area contributed by atoms with E-state index in [0.29, 0.717) is 0 Å². The van der Waals surface area contributed by atoms with E-state index in [9.17, 15) is 9.59 Å². The summed E-state index contributed by atoms with van der Waals surface area (Å²) in [7, 11) is 0. The van der Waals surface area contributed by atoms with Gasteiger partial charge in [-0.2, -0.15) is 0 Å². The first-order valence-corrected chi connectivity index (χ1v) is 13.2. The van der Waals surface area contributed by atoms with Gasteiger partial charge >= 0.3 is 210 Å². The van der Waals surface area contributed by atoms with Crippen LogP contribution in [0.25, 0.3) is 16.7 Å². The molecule has 0 spiro atoms. The van der Waals surface area contributed by atoms with Crippen molar-refractivity contribution in [3.8, 4) is 11.1 Å². The Morgan fingerprint density at radius 1 is 0.941 bits per heavy atom. The van der Waals surface area contributed by atoms with Crippen LogP contribution in [0.3, 0.4) is 0 Å². The number of carboxylic acids is 1. The molecule has 1 amide bonds. The van der Waals surface area contributed by atoms with Crippen LogP contribution in [0, 0.1) is 0 Å². The summed E-state index contributed by atoms with van der Waals surface area (Å²) in [6.07, 6.45) is 7.94. The first-order valence-electron chi connectivity index (χ1n) is 11.0. The Bertz CT molecular complexity index is 1200. The number of nitrogens with zero attached hydrogens (tertiary/aromatic N) is 1. The molecule has 0 unspecified atom stereocenters. The summed E-state index contributed by atoms with van der Waals surface area (Å²) in [5.41, 5.74) is 6.06. The van der Waals surface area contributed by atoms with E-state index in [4.69, 9.17) is 5.11 Å². The molecule has 1 aromatic heterocycles. The topological polar surface area (TPSA) is 91.3 Å². The van der Waals surface area contributed by atoms with Gasteiger partial charge in [0.15, 0.2) is 0 Å². The van der Waals surface area contributed by atoms with Gasteiger partial charge in [-0.25, -0.2) is 0 Å². The predicted octanol–water partition coefficient (Wildman–Crippen LogP) is 2.13. The van der Waals surface area contributed by atoms with E-state index in [1.807, 2.05) is 24.3 Å². The molecule has 174 valence electrons. The van der Waals surface area contributed by atoms with Gasteiger partial charge in [0.1, 0.15) is 0 Å². The number of hydrogen-bond donors (Lipinski definition) is 3. The minimum absolute atomic E-state index is 0.0835. The molecule has 3 aromatic rings. The molecule has 34 heavy (non-hydrogen) atoms. The number of anilines is 1. The van der Waals surface area contributed by atoms with E-state index in [-0.39, 0.29) is 24.6 Å². The Kier molecular flexibility index (Phi) is 8.08. The fourth-order valence-electron chi connectivity index (χ4n) is 3.55. The number of amides is 1. The van der Waals surface area contributed by atoms with Gasteiger partial charge in [0.05, 0.1) is 0 Å². The van der Waals surface area contributed by atoms with Crippen molar-refractivity contribution in [2.75, 3.05) is 10.1 Å². The standard InChI is InChI=1S/C27H25IN3O3/c32-26(33)16-17-29-27(34)25-15-12-21(18-30-25)23-8-4-5-9-24(23)28-31-22-13-10-20(11-14-22)19-6-2-1-3-7-19/h1-3,5-7,9-15,18,31H,4,8,16-17H2,(H,29,34)(H,32,33)/q-1. The van der Waals surface area contributed by atoms with Crippen molar-refractivity contribution in [2.24, 2.45) is 0 Å². The van der Waals surface area contributed by atoms with Crippen LogP contribution in [0.4, 0.5) is 5.69 Å². The van der Waals surface area contributed by atoms with Crippen LogP contribution in [0.15, 0.2) is 88.7 Å². The van der Waals surface area contributed by atoms with Crippen molar-refractivity contribution in [1.29, 1.82) is 0 Å². The van der Waals surface area contributed by atoms with E-state index < -0.39 is 27.4 Å². The van der Waals surface area contributed by atoms with Gasteiger partial charge in [0.25, 0.3) is 0 Å². The molecule has 0 aliphatic heterocycles. The number of aromatic nitrogens is 1. The van der Waals surface area contributed by atoms with Crippen molar-refractivity contribution in [2.45, 2.75) is 19.3 Å². The number of carboxylic acid groups (broad SMARTS) is 1. The maximum absolute atomic E-state index is 12.2. The molecule has 0 saturated carbocycles. The van der Waals surface area contributed by atoms with Crippen molar-refractivity contribution in [1.82, 2.24) is 10.3 Å². The number of allylic oxidation sites excluding steroid dienone is 4. The third kappa shape index (κ3) is 6.32. The molecule has 0 atom stereocenters. The van der Waals surface area contributed by atoms with Crippen LogP contribution in [0.1, 0.15) is 35.3 Å². The normalized spacial score (nSPS) is 13.1. The van der Waals surface area contributed by atoms with Gasteiger partial charge in [-0.1, -0.05) is 0 Å². The number of carbonyl (C=O) groups is 2. The zero-order valence-electron chi connectivity index (χ0n) is 18.5. The fourth-order valence-corrected chi connectivity index (χ4v) is 5.85. The van der Waals surface area contributed by atoms with Crippen LogP contribution in [-0.4, -0.2) is 28.5 Å². The number of carbonyl (C=O) groups excluding carboxylic acids is 1. The van der Waals surface area contributed by atoms with Crippen LogP contribution in [-0.2, 0) is 4.79 Å². The second kappa shape index (κ2) is 11.6. The van der Waals surface area contributed by atoms with E-state index in [0.717, 1.165) is 24.1 Å². The third-order valence-corrected chi connectivity index (χ3v) is 7.82. The van der Waals surface area contributed by atoms with Crippen LogP contribution < -0.4 is 30.3 Å². The first kappa shape index (κ1) is 23.7. The zero-order valence-corrected chi connectivity index (χ0v) is 20.7. The number of pyridine rings is 1. The fraction of sp³-hybridized carbons (Fsp3) is 0.148. The molecule has 6 nitrogen and oxygen atoms in total. The van der Waals surface area contributed by atoms with E-state index >= 15 is 0 Å². The van der Waals surface area contributed by atoms with Gasteiger partial charge in [-0.3, -0.25) is 0 Å². The van der Waals surface area contributed by atoms with Crippen molar-refractivity contribution >= 4 is 23.1 Å². The summed E-state index contributed by atoms with van der Waals surface area (Å²) in [6, 6.07) is 22.5. The molecule has 4 rings (SSSR count). The SMILES string of the molecule is O=C(O)CCNC(=O)c1ccc(C2=C([I-]Nc3ccc(-c4ccccc4)cc3)C=CCC2)cn1. The number of aliphatic carboxylic acids is 1. The van der Waals surface area contributed by atoms with Crippen molar-refractivity contribution < 1.29 is 36.2 Å². The van der Waals surface area contributed by atoms with Gasteiger partial charge in [0, 0.05) is 0 Å². The zero-order chi connectivity index (χ0) is 23.8. The summed E-state index contributed by atoms with van der Waals surface area (Å²) >= 11 is -0.461. The second-order valence-electron chi connectivity index (χ2n) is 7.73. The second-order valence-corrected chi connectivity index (χ2v) is 9.97. The molecule has 1 aliphatic rings. The van der Waals surface area contributed by atoms with Crippen molar-refractivity contribution in [3.05, 3.63) is 99.9 Å². The van der Waals surface area contributed by atoms with E-state index in [1.54, 1.807) is 12.3 Å². The van der Waals surface area contributed by atoms with E-state index in [2.05, 4.69) is 62.4 Å².